The molecule has 0 saturated heterocycles. The van der Waals surface area contributed by atoms with Gasteiger partial charge in [0.05, 0.1) is 12.0 Å². The molecule has 1 aliphatic carbocycles. The second-order valence-corrected chi connectivity index (χ2v) is 5.96. The number of carboxylic acid groups (broad SMARTS) is 1. The SMILES string of the molecule is CC(C)(CCCCN(CC(F)(F)F)C1CC1)C(=O)O. The molecular formula is C13H22F3NO2. The van der Waals surface area contributed by atoms with Crippen molar-refractivity contribution in [2.24, 2.45) is 5.41 Å². The molecule has 1 N–H and O–H groups in total. The zero-order chi connectivity index (χ0) is 14.7. The van der Waals surface area contributed by atoms with Crippen LogP contribution in [0.4, 0.5) is 13.2 Å². The number of aliphatic carboxylic acids is 1. The van der Waals surface area contributed by atoms with Crippen LogP contribution in [-0.2, 0) is 4.79 Å². The third-order valence-corrected chi connectivity index (χ3v) is 3.52. The minimum atomic E-state index is -4.15. The van der Waals surface area contributed by atoms with Crippen LogP contribution in [0.5, 0.6) is 0 Å². The summed E-state index contributed by atoms with van der Waals surface area (Å²) >= 11 is 0. The van der Waals surface area contributed by atoms with Gasteiger partial charge in [-0.15, -0.1) is 0 Å². The lowest BCUT2D eigenvalue weighted by Gasteiger charge is -2.24. The van der Waals surface area contributed by atoms with Crippen molar-refractivity contribution >= 4 is 5.97 Å². The van der Waals surface area contributed by atoms with Crippen molar-refractivity contribution in [1.82, 2.24) is 4.90 Å². The Bertz CT molecular complexity index is 312. The highest BCUT2D eigenvalue weighted by Gasteiger charge is 2.37. The standard InChI is InChI=1S/C13H22F3NO2/c1-12(2,11(18)19)7-3-4-8-17(10-5-6-10)9-13(14,15)16/h10H,3-9H2,1-2H3,(H,18,19). The van der Waals surface area contributed by atoms with E-state index in [0.717, 1.165) is 12.8 Å². The van der Waals surface area contributed by atoms with Crippen molar-refractivity contribution in [3.63, 3.8) is 0 Å². The molecule has 1 rings (SSSR count). The van der Waals surface area contributed by atoms with E-state index in [1.54, 1.807) is 13.8 Å². The first-order chi connectivity index (χ1) is 8.62. The Hall–Kier alpha value is -0.780. The highest BCUT2D eigenvalue weighted by molar-refractivity contribution is 5.73. The van der Waals surface area contributed by atoms with Crippen molar-refractivity contribution in [3.05, 3.63) is 0 Å². The maximum atomic E-state index is 12.4. The molecule has 1 aliphatic rings. The van der Waals surface area contributed by atoms with Crippen LogP contribution in [0.2, 0.25) is 0 Å². The maximum Gasteiger partial charge on any atom is 0.401 e. The van der Waals surface area contributed by atoms with Crippen LogP contribution in [0.3, 0.4) is 0 Å². The smallest absolute Gasteiger partial charge is 0.401 e. The zero-order valence-electron chi connectivity index (χ0n) is 11.5. The third kappa shape index (κ3) is 6.27. The summed E-state index contributed by atoms with van der Waals surface area (Å²) in [5.41, 5.74) is -0.797. The van der Waals surface area contributed by atoms with Gasteiger partial charge in [-0.05, 0) is 46.1 Å². The second kappa shape index (κ2) is 6.11. The maximum absolute atomic E-state index is 12.4. The number of halogens is 3. The molecule has 6 heteroatoms. The fraction of sp³-hybridized carbons (Fsp3) is 0.923. The topological polar surface area (TPSA) is 40.5 Å². The predicted octanol–water partition coefficient (Wildman–Crippen LogP) is 3.29. The first kappa shape index (κ1) is 16.3. The fourth-order valence-corrected chi connectivity index (χ4v) is 2.05. The summed E-state index contributed by atoms with van der Waals surface area (Å²) in [5.74, 6) is -0.859. The van der Waals surface area contributed by atoms with Gasteiger partial charge in [-0.2, -0.15) is 13.2 Å². The van der Waals surface area contributed by atoms with E-state index in [-0.39, 0.29) is 6.04 Å². The molecule has 0 amide bonds. The minimum Gasteiger partial charge on any atom is -0.481 e. The molecule has 1 saturated carbocycles. The Morgan fingerprint density at radius 3 is 2.26 bits per heavy atom. The Kier molecular flexibility index (Phi) is 5.24. The Morgan fingerprint density at radius 2 is 1.84 bits per heavy atom. The van der Waals surface area contributed by atoms with E-state index >= 15 is 0 Å². The van der Waals surface area contributed by atoms with Gasteiger partial charge in [0.25, 0.3) is 0 Å². The van der Waals surface area contributed by atoms with Crippen LogP contribution in [0.25, 0.3) is 0 Å². The van der Waals surface area contributed by atoms with E-state index in [9.17, 15) is 18.0 Å². The monoisotopic (exact) mass is 281 g/mol. The summed E-state index contributed by atoms with van der Waals surface area (Å²) in [5, 5.41) is 8.94. The van der Waals surface area contributed by atoms with Crippen molar-refractivity contribution in [2.75, 3.05) is 13.1 Å². The van der Waals surface area contributed by atoms with Crippen molar-refractivity contribution < 1.29 is 23.1 Å². The van der Waals surface area contributed by atoms with Crippen LogP contribution in [-0.4, -0.2) is 41.3 Å². The van der Waals surface area contributed by atoms with E-state index in [1.165, 1.54) is 4.90 Å². The van der Waals surface area contributed by atoms with Gasteiger partial charge in [0.15, 0.2) is 0 Å². The molecule has 3 nitrogen and oxygen atoms in total. The summed E-state index contributed by atoms with van der Waals surface area (Å²) in [4.78, 5) is 12.4. The fourth-order valence-electron chi connectivity index (χ4n) is 2.05. The number of alkyl halides is 3. The van der Waals surface area contributed by atoms with E-state index in [4.69, 9.17) is 5.11 Å². The number of rotatable bonds is 8. The molecular weight excluding hydrogens is 259 g/mol. The normalized spacial score (nSPS) is 16.9. The minimum absolute atomic E-state index is 0.0779. The zero-order valence-corrected chi connectivity index (χ0v) is 11.5. The van der Waals surface area contributed by atoms with E-state index in [0.29, 0.717) is 25.8 Å². The first-order valence-corrected chi connectivity index (χ1v) is 6.66. The summed E-state index contributed by atoms with van der Waals surface area (Å²) in [6.45, 7) is 2.84. The molecule has 0 aliphatic heterocycles. The van der Waals surface area contributed by atoms with Crippen molar-refractivity contribution in [3.8, 4) is 0 Å². The molecule has 0 spiro atoms. The lowest BCUT2D eigenvalue weighted by Crippen LogP contribution is -2.36. The molecule has 0 aromatic heterocycles. The molecule has 19 heavy (non-hydrogen) atoms. The Labute approximate surface area is 111 Å². The highest BCUT2D eigenvalue weighted by atomic mass is 19.4. The van der Waals surface area contributed by atoms with E-state index in [2.05, 4.69) is 0 Å². The molecule has 112 valence electrons. The average Bonchev–Trinajstić information content (AvgIpc) is 3.04. The largest absolute Gasteiger partial charge is 0.481 e. The quantitative estimate of drug-likeness (QED) is 0.694. The molecule has 0 atom stereocenters. The van der Waals surface area contributed by atoms with Gasteiger partial charge in [-0.1, -0.05) is 6.42 Å². The van der Waals surface area contributed by atoms with Gasteiger partial charge < -0.3 is 5.11 Å². The average molecular weight is 281 g/mol. The first-order valence-electron chi connectivity index (χ1n) is 6.66. The van der Waals surface area contributed by atoms with Gasteiger partial charge in [0.1, 0.15) is 0 Å². The summed E-state index contributed by atoms with van der Waals surface area (Å²) in [6, 6.07) is 0.0779. The van der Waals surface area contributed by atoms with E-state index < -0.39 is 24.1 Å². The molecule has 0 aromatic rings. The number of unbranched alkanes of at least 4 members (excludes halogenated alkanes) is 1. The van der Waals surface area contributed by atoms with Gasteiger partial charge in [-0.25, -0.2) is 0 Å². The lowest BCUT2D eigenvalue weighted by atomic mass is 9.87. The molecule has 1 fully saturated rings. The predicted molar refractivity (Wildman–Crippen MR) is 65.9 cm³/mol. The lowest BCUT2D eigenvalue weighted by molar-refractivity contribution is -0.147. The Balaban J connectivity index is 2.28. The highest BCUT2D eigenvalue weighted by Crippen LogP contribution is 2.31. The van der Waals surface area contributed by atoms with Crippen LogP contribution in [0.15, 0.2) is 0 Å². The number of carbonyl (C=O) groups is 1. The van der Waals surface area contributed by atoms with Crippen molar-refractivity contribution in [1.29, 1.82) is 0 Å². The molecule has 0 bridgehead atoms. The molecule has 0 radical (unpaired) electrons. The second-order valence-electron chi connectivity index (χ2n) is 5.96. The van der Waals surface area contributed by atoms with E-state index in [1.807, 2.05) is 0 Å². The van der Waals surface area contributed by atoms with Gasteiger partial charge in [-0.3, -0.25) is 9.69 Å². The summed E-state index contributed by atoms with van der Waals surface area (Å²) in [6.07, 6.45) is -0.715. The Morgan fingerprint density at radius 1 is 1.26 bits per heavy atom. The van der Waals surface area contributed by atoms with Gasteiger partial charge >= 0.3 is 12.1 Å². The van der Waals surface area contributed by atoms with Gasteiger partial charge in [0, 0.05) is 6.04 Å². The summed E-state index contributed by atoms with van der Waals surface area (Å²) in [7, 11) is 0. The van der Waals surface area contributed by atoms with Crippen LogP contribution >= 0.6 is 0 Å². The van der Waals surface area contributed by atoms with Crippen LogP contribution in [0.1, 0.15) is 46.0 Å². The number of carboxylic acids is 1. The summed E-state index contributed by atoms with van der Waals surface area (Å²) < 4.78 is 37.1. The van der Waals surface area contributed by atoms with Crippen molar-refractivity contribution in [2.45, 2.75) is 58.2 Å². The number of hydrogen-bond acceptors (Lipinski definition) is 2. The third-order valence-electron chi connectivity index (χ3n) is 3.52. The molecule has 0 aromatic carbocycles. The van der Waals surface area contributed by atoms with Crippen LogP contribution in [0, 0.1) is 5.41 Å². The van der Waals surface area contributed by atoms with Gasteiger partial charge in [0.2, 0.25) is 0 Å². The molecule has 0 unspecified atom stereocenters. The molecule has 0 heterocycles. The number of hydrogen-bond donors (Lipinski definition) is 1. The van der Waals surface area contributed by atoms with Crippen LogP contribution < -0.4 is 0 Å². The number of nitrogens with zero attached hydrogens (tertiary/aromatic N) is 1.